The van der Waals surface area contributed by atoms with Gasteiger partial charge in [-0.3, -0.25) is 29.9 Å². The highest BCUT2D eigenvalue weighted by Crippen LogP contribution is 2.45. The van der Waals surface area contributed by atoms with Gasteiger partial charge in [0, 0.05) is 50.0 Å². The molecule has 11 nitrogen and oxygen atoms in total. The molecule has 0 saturated carbocycles. The van der Waals surface area contributed by atoms with E-state index in [4.69, 9.17) is 4.74 Å². The van der Waals surface area contributed by atoms with Gasteiger partial charge >= 0.3 is 12.0 Å². The third-order valence-electron chi connectivity index (χ3n) is 8.28. The second kappa shape index (κ2) is 10.9. The SMILES string of the molecule is CCCCCC(C)C(=O)OC1NCC12CN(c1ccnc3c1CCCN3C(=O)NC1CCC(=O)NC1=O)C2. The molecule has 4 aliphatic heterocycles. The number of amides is 4. The molecule has 5 heterocycles. The number of fused-ring (bicyclic) bond motifs is 1. The van der Waals surface area contributed by atoms with Crippen molar-refractivity contribution in [1.82, 2.24) is 20.9 Å². The lowest BCUT2D eigenvalue weighted by Crippen LogP contribution is -2.77. The lowest BCUT2D eigenvalue weighted by molar-refractivity contribution is -0.180. The molecule has 0 aromatic carbocycles. The highest BCUT2D eigenvalue weighted by molar-refractivity contribution is 6.03. The molecule has 3 saturated heterocycles. The maximum atomic E-state index is 13.1. The largest absolute Gasteiger partial charge is 0.446 e. The average Bonchev–Trinajstić information content (AvgIpc) is 2.87. The van der Waals surface area contributed by atoms with E-state index in [1.807, 2.05) is 13.0 Å². The molecule has 38 heavy (non-hydrogen) atoms. The van der Waals surface area contributed by atoms with Crippen LogP contribution in [0.25, 0.3) is 0 Å². The minimum atomic E-state index is -0.732. The number of imide groups is 1. The zero-order chi connectivity index (χ0) is 26.9. The molecule has 5 rings (SSSR count). The summed E-state index contributed by atoms with van der Waals surface area (Å²) in [6.45, 7) is 6.94. The number of hydrogen-bond acceptors (Lipinski definition) is 8. The summed E-state index contributed by atoms with van der Waals surface area (Å²) in [7, 11) is 0. The Balaban J connectivity index is 1.21. The van der Waals surface area contributed by atoms with Crippen molar-refractivity contribution >= 4 is 35.3 Å². The quantitative estimate of drug-likeness (QED) is 0.266. The van der Waals surface area contributed by atoms with Crippen LogP contribution in [-0.4, -0.2) is 67.2 Å². The van der Waals surface area contributed by atoms with E-state index in [0.29, 0.717) is 12.4 Å². The van der Waals surface area contributed by atoms with Crippen LogP contribution in [0.2, 0.25) is 0 Å². The summed E-state index contributed by atoms with van der Waals surface area (Å²) in [6, 6.07) is 0.869. The molecular weight excluding hydrogens is 488 g/mol. The third kappa shape index (κ3) is 5.08. The predicted molar refractivity (Wildman–Crippen MR) is 140 cm³/mol. The van der Waals surface area contributed by atoms with Crippen LogP contribution in [0.15, 0.2) is 12.3 Å². The summed E-state index contributed by atoms with van der Waals surface area (Å²) >= 11 is 0. The van der Waals surface area contributed by atoms with E-state index >= 15 is 0 Å². The normalized spacial score (nSPS) is 24.6. The van der Waals surface area contributed by atoms with Gasteiger partial charge in [0.25, 0.3) is 0 Å². The first-order valence-electron chi connectivity index (χ1n) is 13.9. The maximum Gasteiger partial charge on any atom is 0.323 e. The van der Waals surface area contributed by atoms with E-state index in [1.165, 1.54) is 0 Å². The van der Waals surface area contributed by atoms with Gasteiger partial charge in [0.15, 0.2) is 6.23 Å². The van der Waals surface area contributed by atoms with E-state index < -0.39 is 11.9 Å². The molecule has 206 valence electrons. The first-order chi connectivity index (χ1) is 18.3. The van der Waals surface area contributed by atoms with Crippen molar-refractivity contribution in [3.05, 3.63) is 17.8 Å². The molecule has 0 aliphatic carbocycles. The van der Waals surface area contributed by atoms with Crippen molar-refractivity contribution in [2.24, 2.45) is 11.3 Å². The second-order valence-corrected chi connectivity index (χ2v) is 11.2. The number of carbonyl (C=O) groups is 4. The van der Waals surface area contributed by atoms with Crippen LogP contribution in [-0.2, 0) is 25.5 Å². The fraction of sp³-hybridized carbons (Fsp3) is 0.667. The minimum absolute atomic E-state index is 0.0908. The Bertz CT molecular complexity index is 1100. The molecular formula is C27H38N6O5. The third-order valence-corrected chi connectivity index (χ3v) is 8.28. The number of aromatic nitrogens is 1. The number of urea groups is 1. The fourth-order valence-electron chi connectivity index (χ4n) is 5.87. The highest BCUT2D eigenvalue weighted by atomic mass is 16.6. The van der Waals surface area contributed by atoms with Crippen molar-refractivity contribution in [1.29, 1.82) is 0 Å². The first-order valence-corrected chi connectivity index (χ1v) is 13.9. The van der Waals surface area contributed by atoms with Crippen molar-refractivity contribution in [3.63, 3.8) is 0 Å². The molecule has 3 unspecified atom stereocenters. The summed E-state index contributed by atoms with van der Waals surface area (Å²) < 4.78 is 5.87. The number of nitrogens with one attached hydrogen (secondary N) is 3. The molecule has 4 aliphatic rings. The lowest BCUT2D eigenvalue weighted by Gasteiger charge is -2.60. The zero-order valence-corrected chi connectivity index (χ0v) is 22.3. The van der Waals surface area contributed by atoms with Crippen LogP contribution in [0.4, 0.5) is 16.3 Å². The number of rotatable bonds is 8. The van der Waals surface area contributed by atoms with Crippen LogP contribution in [0.5, 0.6) is 0 Å². The topological polar surface area (TPSA) is 133 Å². The number of pyridine rings is 1. The number of piperidine rings is 1. The van der Waals surface area contributed by atoms with Crippen LogP contribution >= 0.6 is 0 Å². The lowest BCUT2D eigenvalue weighted by atomic mass is 9.71. The summed E-state index contributed by atoms with van der Waals surface area (Å²) in [5.74, 6) is -0.409. The molecule has 1 aromatic rings. The van der Waals surface area contributed by atoms with Crippen LogP contribution in [0.1, 0.15) is 64.4 Å². The maximum absolute atomic E-state index is 13.1. The Labute approximate surface area is 223 Å². The van der Waals surface area contributed by atoms with Crippen LogP contribution < -0.4 is 25.8 Å². The summed E-state index contributed by atoms with van der Waals surface area (Å²) in [6.07, 6.45) is 7.68. The molecule has 1 spiro atoms. The van der Waals surface area contributed by atoms with Crippen LogP contribution in [0, 0.1) is 11.3 Å². The van der Waals surface area contributed by atoms with Gasteiger partial charge in [-0.2, -0.15) is 0 Å². The van der Waals surface area contributed by atoms with E-state index in [2.05, 4.69) is 32.8 Å². The Morgan fingerprint density at radius 1 is 1.26 bits per heavy atom. The van der Waals surface area contributed by atoms with Crippen molar-refractivity contribution < 1.29 is 23.9 Å². The first kappa shape index (κ1) is 26.4. The molecule has 1 aromatic heterocycles. The monoisotopic (exact) mass is 526 g/mol. The van der Waals surface area contributed by atoms with Gasteiger partial charge < -0.3 is 15.0 Å². The van der Waals surface area contributed by atoms with E-state index in [0.717, 1.165) is 69.4 Å². The molecule has 0 radical (unpaired) electrons. The standard InChI is InChI=1S/C27H38N6O5/c1-3-4-5-7-17(2)24(36)38-25-27(14-29-25)15-32(16-27)20-11-12-28-22-18(20)8-6-13-33(22)26(37)30-19-9-10-21(34)31-23(19)35/h11-12,17,19,25,29H,3-10,13-16H2,1-2H3,(H,30,37)(H,31,34,35). The number of esters is 1. The van der Waals surface area contributed by atoms with E-state index in [1.54, 1.807) is 11.1 Å². The minimum Gasteiger partial charge on any atom is -0.446 e. The Kier molecular flexibility index (Phi) is 7.56. The van der Waals surface area contributed by atoms with Gasteiger partial charge in [0.05, 0.1) is 11.3 Å². The number of anilines is 2. The van der Waals surface area contributed by atoms with Crippen molar-refractivity contribution in [2.45, 2.75) is 77.5 Å². The smallest absolute Gasteiger partial charge is 0.323 e. The van der Waals surface area contributed by atoms with E-state index in [9.17, 15) is 19.2 Å². The number of ether oxygens (including phenoxy) is 1. The molecule has 4 amide bonds. The molecule has 3 N–H and O–H groups in total. The number of hydrogen-bond donors (Lipinski definition) is 3. The Morgan fingerprint density at radius 2 is 2.08 bits per heavy atom. The molecule has 11 heteroatoms. The van der Waals surface area contributed by atoms with Gasteiger partial charge in [-0.05, 0) is 31.7 Å². The summed E-state index contributed by atoms with van der Waals surface area (Å²) in [5.41, 5.74) is 1.97. The second-order valence-electron chi connectivity index (χ2n) is 11.2. The Morgan fingerprint density at radius 3 is 2.79 bits per heavy atom. The number of nitrogens with zero attached hydrogens (tertiary/aromatic N) is 3. The molecule has 3 atom stereocenters. The Hall–Kier alpha value is -3.21. The van der Waals surface area contributed by atoms with Gasteiger partial charge in [-0.25, -0.2) is 9.78 Å². The fourth-order valence-corrected chi connectivity index (χ4v) is 5.87. The van der Waals surface area contributed by atoms with Crippen molar-refractivity contribution in [3.8, 4) is 0 Å². The van der Waals surface area contributed by atoms with E-state index in [-0.39, 0.29) is 48.3 Å². The highest BCUT2D eigenvalue weighted by Gasteiger charge is 2.57. The average molecular weight is 527 g/mol. The number of unbranched alkanes of at least 4 members (excludes halogenated alkanes) is 2. The summed E-state index contributed by atoms with van der Waals surface area (Å²) in [5, 5.41) is 8.34. The zero-order valence-electron chi connectivity index (χ0n) is 22.3. The van der Waals surface area contributed by atoms with Crippen LogP contribution in [0.3, 0.4) is 0 Å². The number of carbonyl (C=O) groups excluding carboxylic acids is 4. The van der Waals surface area contributed by atoms with Gasteiger partial charge in [-0.15, -0.1) is 0 Å². The van der Waals surface area contributed by atoms with Gasteiger partial charge in [0.1, 0.15) is 11.9 Å². The molecule has 0 bridgehead atoms. The van der Waals surface area contributed by atoms with Crippen molar-refractivity contribution in [2.75, 3.05) is 36.0 Å². The predicted octanol–water partition coefficient (Wildman–Crippen LogP) is 1.84. The van der Waals surface area contributed by atoms with Gasteiger partial charge in [-0.1, -0.05) is 33.1 Å². The molecule has 3 fully saturated rings. The summed E-state index contributed by atoms with van der Waals surface area (Å²) in [4.78, 5) is 57.7. The van der Waals surface area contributed by atoms with Gasteiger partial charge in [0.2, 0.25) is 11.8 Å².